The van der Waals surface area contributed by atoms with Crippen molar-refractivity contribution in [3.05, 3.63) is 35.6 Å². The first-order valence-corrected chi connectivity index (χ1v) is 6.87. The molecule has 0 spiro atoms. The van der Waals surface area contributed by atoms with Crippen LogP contribution in [0.4, 0.5) is 0 Å². The van der Waals surface area contributed by atoms with E-state index in [4.69, 9.17) is 4.42 Å². The number of benzene rings is 1. The Balaban J connectivity index is 2.11. The Labute approximate surface area is 108 Å². The van der Waals surface area contributed by atoms with E-state index in [1.807, 2.05) is 25.1 Å². The van der Waals surface area contributed by atoms with Gasteiger partial charge in [-0.15, -0.1) is 0 Å². The molecule has 1 aromatic heterocycles. The van der Waals surface area contributed by atoms with Gasteiger partial charge < -0.3 is 9.52 Å². The maximum absolute atomic E-state index is 10.9. The topological polar surface area (TPSA) is 33.4 Å². The molecular formula is C16H20O2. The number of furan rings is 1. The summed E-state index contributed by atoms with van der Waals surface area (Å²) in [6.45, 7) is 4.19. The second-order valence-corrected chi connectivity index (χ2v) is 5.53. The number of aliphatic hydroxyl groups is 1. The van der Waals surface area contributed by atoms with Crippen LogP contribution >= 0.6 is 0 Å². The number of hydrogen-bond donors (Lipinski definition) is 1. The molecule has 2 heteroatoms. The van der Waals surface area contributed by atoms with Gasteiger partial charge in [0.1, 0.15) is 16.9 Å². The molecule has 1 heterocycles. The Hall–Kier alpha value is -1.28. The maximum atomic E-state index is 10.9. The van der Waals surface area contributed by atoms with Gasteiger partial charge in [0.15, 0.2) is 0 Å². The summed E-state index contributed by atoms with van der Waals surface area (Å²) in [6, 6.07) is 8.16. The third kappa shape index (κ3) is 1.59. The zero-order valence-corrected chi connectivity index (χ0v) is 11.1. The van der Waals surface area contributed by atoms with Crippen molar-refractivity contribution < 1.29 is 9.52 Å². The van der Waals surface area contributed by atoms with E-state index < -0.39 is 5.60 Å². The van der Waals surface area contributed by atoms with E-state index in [1.165, 1.54) is 0 Å². The summed E-state index contributed by atoms with van der Waals surface area (Å²) < 4.78 is 5.97. The van der Waals surface area contributed by atoms with E-state index in [0.29, 0.717) is 5.92 Å². The molecule has 2 nitrogen and oxygen atoms in total. The van der Waals surface area contributed by atoms with E-state index in [-0.39, 0.29) is 0 Å². The Morgan fingerprint density at radius 2 is 2.28 bits per heavy atom. The predicted octanol–water partition coefficient (Wildman–Crippen LogP) is 4.14. The quantitative estimate of drug-likeness (QED) is 0.861. The summed E-state index contributed by atoms with van der Waals surface area (Å²) in [5, 5.41) is 12.0. The van der Waals surface area contributed by atoms with Crippen LogP contribution in [-0.2, 0) is 5.60 Å². The van der Waals surface area contributed by atoms with Crippen LogP contribution in [0.25, 0.3) is 11.0 Å². The Bertz CT molecular complexity index is 569. The number of rotatable bonds is 2. The van der Waals surface area contributed by atoms with Crippen molar-refractivity contribution in [2.75, 3.05) is 0 Å². The molecule has 0 amide bonds. The second kappa shape index (κ2) is 4.13. The third-order valence-corrected chi connectivity index (χ3v) is 4.45. The van der Waals surface area contributed by atoms with Gasteiger partial charge >= 0.3 is 0 Å². The largest absolute Gasteiger partial charge is 0.458 e. The van der Waals surface area contributed by atoms with E-state index in [1.54, 1.807) is 0 Å². The van der Waals surface area contributed by atoms with Crippen molar-refractivity contribution in [2.45, 2.75) is 45.1 Å². The summed E-state index contributed by atoms with van der Waals surface area (Å²) in [7, 11) is 0. The lowest BCUT2D eigenvalue weighted by Gasteiger charge is -2.27. The van der Waals surface area contributed by atoms with Gasteiger partial charge in [-0.2, -0.15) is 0 Å². The molecule has 1 aromatic carbocycles. The Morgan fingerprint density at radius 3 is 3.00 bits per heavy atom. The molecule has 18 heavy (non-hydrogen) atoms. The van der Waals surface area contributed by atoms with Gasteiger partial charge in [0.05, 0.1) is 0 Å². The zero-order valence-electron chi connectivity index (χ0n) is 11.1. The minimum Gasteiger partial charge on any atom is -0.458 e. The van der Waals surface area contributed by atoms with Gasteiger partial charge in [-0.05, 0) is 43.7 Å². The summed E-state index contributed by atoms with van der Waals surface area (Å²) in [6.07, 6.45) is 4.02. The lowest BCUT2D eigenvalue weighted by molar-refractivity contribution is -0.0221. The van der Waals surface area contributed by atoms with Crippen molar-refractivity contribution in [1.82, 2.24) is 0 Å². The second-order valence-electron chi connectivity index (χ2n) is 5.53. The van der Waals surface area contributed by atoms with Gasteiger partial charge in [-0.1, -0.05) is 31.5 Å². The number of hydrogen-bond acceptors (Lipinski definition) is 2. The molecule has 0 saturated heterocycles. The highest BCUT2D eigenvalue weighted by Crippen LogP contribution is 2.46. The van der Waals surface area contributed by atoms with Crippen LogP contribution in [0.1, 0.15) is 43.9 Å². The van der Waals surface area contributed by atoms with Gasteiger partial charge in [-0.25, -0.2) is 0 Å². The van der Waals surface area contributed by atoms with E-state index in [2.05, 4.69) is 13.0 Å². The number of aryl methyl sites for hydroxylation is 1. The molecule has 96 valence electrons. The van der Waals surface area contributed by atoms with Crippen LogP contribution in [0.5, 0.6) is 0 Å². The maximum Gasteiger partial charge on any atom is 0.137 e. The first-order valence-electron chi connectivity index (χ1n) is 6.87. The fraction of sp³-hybridized carbons (Fsp3) is 0.500. The predicted molar refractivity (Wildman–Crippen MR) is 72.5 cm³/mol. The highest BCUT2D eigenvalue weighted by atomic mass is 16.4. The summed E-state index contributed by atoms with van der Waals surface area (Å²) in [5.41, 5.74) is 1.30. The van der Waals surface area contributed by atoms with Gasteiger partial charge in [0, 0.05) is 5.39 Å². The number of fused-ring (bicyclic) bond motifs is 1. The average molecular weight is 244 g/mol. The fourth-order valence-electron chi connectivity index (χ4n) is 3.35. The van der Waals surface area contributed by atoms with Crippen molar-refractivity contribution in [3.63, 3.8) is 0 Å². The molecule has 1 aliphatic rings. The summed E-state index contributed by atoms with van der Waals surface area (Å²) in [4.78, 5) is 0. The van der Waals surface area contributed by atoms with Gasteiger partial charge in [0.25, 0.3) is 0 Å². The van der Waals surface area contributed by atoms with Crippen LogP contribution in [0.3, 0.4) is 0 Å². The van der Waals surface area contributed by atoms with Gasteiger partial charge in [0.2, 0.25) is 0 Å². The van der Waals surface area contributed by atoms with Crippen LogP contribution in [-0.4, -0.2) is 5.11 Å². The molecule has 3 rings (SSSR count). The van der Waals surface area contributed by atoms with Crippen LogP contribution in [0.2, 0.25) is 0 Å². The Morgan fingerprint density at radius 1 is 1.44 bits per heavy atom. The molecule has 2 atom stereocenters. The molecule has 1 N–H and O–H groups in total. The van der Waals surface area contributed by atoms with Crippen molar-refractivity contribution in [1.29, 1.82) is 0 Å². The number of para-hydroxylation sites is 1. The van der Waals surface area contributed by atoms with E-state index >= 15 is 0 Å². The third-order valence-electron chi connectivity index (χ3n) is 4.45. The molecule has 0 aliphatic heterocycles. The van der Waals surface area contributed by atoms with E-state index in [0.717, 1.165) is 48.0 Å². The SMILES string of the molecule is CCC1CCCC1(O)c1cc2cccc(C)c2o1. The molecular weight excluding hydrogens is 224 g/mol. The van der Waals surface area contributed by atoms with Crippen LogP contribution < -0.4 is 0 Å². The minimum absolute atomic E-state index is 0.332. The molecule has 0 radical (unpaired) electrons. The first-order chi connectivity index (χ1) is 8.65. The smallest absolute Gasteiger partial charge is 0.137 e. The van der Waals surface area contributed by atoms with Crippen LogP contribution in [0, 0.1) is 12.8 Å². The van der Waals surface area contributed by atoms with Crippen molar-refractivity contribution >= 4 is 11.0 Å². The molecule has 0 bridgehead atoms. The standard InChI is InChI=1S/C16H20O2/c1-3-13-8-5-9-16(13,17)14-10-12-7-4-6-11(2)15(12)18-14/h4,6-7,10,13,17H,3,5,8-9H2,1-2H3. The lowest BCUT2D eigenvalue weighted by atomic mass is 9.86. The minimum atomic E-state index is -0.750. The molecule has 1 aliphatic carbocycles. The highest BCUT2D eigenvalue weighted by molar-refractivity contribution is 5.81. The normalized spacial score (nSPS) is 28.1. The van der Waals surface area contributed by atoms with Crippen LogP contribution in [0.15, 0.2) is 28.7 Å². The van der Waals surface area contributed by atoms with Gasteiger partial charge in [-0.3, -0.25) is 0 Å². The zero-order chi connectivity index (χ0) is 12.8. The molecule has 2 aromatic rings. The monoisotopic (exact) mass is 244 g/mol. The first kappa shape index (κ1) is 11.8. The van der Waals surface area contributed by atoms with Crippen molar-refractivity contribution in [2.24, 2.45) is 5.92 Å². The lowest BCUT2D eigenvalue weighted by Crippen LogP contribution is -2.29. The fourth-order valence-corrected chi connectivity index (χ4v) is 3.35. The Kier molecular flexibility index (Phi) is 2.70. The molecule has 1 fully saturated rings. The molecule has 1 saturated carbocycles. The highest BCUT2D eigenvalue weighted by Gasteiger charge is 2.44. The van der Waals surface area contributed by atoms with Crippen molar-refractivity contribution in [3.8, 4) is 0 Å². The summed E-state index contributed by atoms with van der Waals surface area (Å²) in [5.74, 6) is 1.09. The molecule has 2 unspecified atom stereocenters. The average Bonchev–Trinajstić information content (AvgIpc) is 2.94. The summed E-state index contributed by atoms with van der Waals surface area (Å²) >= 11 is 0. The van der Waals surface area contributed by atoms with E-state index in [9.17, 15) is 5.11 Å².